The normalized spacial score (nSPS) is 13.3. The average molecular weight is 313 g/mol. The van der Waals surface area contributed by atoms with Crippen LogP contribution in [-0.2, 0) is 10.0 Å². The lowest BCUT2D eigenvalue weighted by Gasteiger charge is -2.24. The maximum atomic E-state index is 12.2. The fraction of sp³-hybridized carbons (Fsp3) is 0.455. The van der Waals surface area contributed by atoms with Gasteiger partial charge >= 0.3 is 6.36 Å². The van der Waals surface area contributed by atoms with Crippen LogP contribution in [0.15, 0.2) is 29.2 Å². The minimum absolute atomic E-state index is 0.519. The smallest absolute Gasteiger partial charge is 0.404 e. The molecule has 1 rings (SSSR count). The van der Waals surface area contributed by atoms with Gasteiger partial charge in [0.15, 0.2) is 0 Å². The van der Waals surface area contributed by atoms with Crippen LogP contribution in [0.5, 0.6) is 5.75 Å². The Morgan fingerprint density at radius 3 is 2.30 bits per heavy atom. The largest absolute Gasteiger partial charge is 0.573 e. The summed E-state index contributed by atoms with van der Waals surface area (Å²) in [7, 11) is -4.27. The molecular formula is C11H14F3NO4S. The van der Waals surface area contributed by atoms with E-state index in [4.69, 9.17) is 5.11 Å². The Morgan fingerprint density at radius 2 is 1.80 bits per heavy atom. The number of hydrogen-bond acceptors (Lipinski definition) is 4. The Labute approximate surface area is 114 Å². The summed E-state index contributed by atoms with van der Waals surface area (Å²) in [5.41, 5.74) is -1.22. The number of benzene rings is 1. The molecule has 0 fully saturated rings. The van der Waals surface area contributed by atoms with Crippen LogP contribution in [0, 0.1) is 0 Å². The molecule has 0 aliphatic rings. The summed E-state index contributed by atoms with van der Waals surface area (Å²) in [6.07, 6.45) is -5.00. The van der Waals surface area contributed by atoms with Crippen LogP contribution in [0.25, 0.3) is 0 Å². The maximum absolute atomic E-state index is 12.2. The van der Waals surface area contributed by atoms with E-state index in [0.29, 0.717) is 0 Å². The third-order valence-electron chi connectivity index (χ3n) is 2.17. The number of para-hydroxylation sites is 1. The summed E-state index contributed by atoms with van der Waals surface area (Å²) >= 11 is 0. The zero-order valence-electron chi connectivity index (χ0n) is 10.7. The van der Waals surface area contributed by atoms with E-state index in [-0.39, 0.29) is 0 Å². The Kier molecular flexibility index (Phi) is 4.67. The van der Waals surface area contributed by atoms with Crippen molar-refractivity contribution in [3.63, 3.8) is 0 Å². The molecule has 0 aliphatic carbocycles. The topological polar surface area (TPSA) is 75.6 Å². The van der Waals surface area contributed by atoms with Crippen LogP contribution in [0.2, 0.25) is 0 Å². The van der Waals surface area contributed by atoms with Gasteiger partial charge in [0.1, 0.15) is 10.6 Å². The number of rotatable bonds is 5. The number of aliphatic hydroxyl groups excluding tert-OH is 1. The molecule has 0 atom stereocenters. The molecule has 2 N–H and O–H groups in total. The van der Waals surface area contributed by atoms with Crippen LogP contribution < -0.4 is 9.46 Å². The number of alkyl halides is 3. The van der Waals surface area contributed by atoms with E-state index < -0.39 is 39.2 Å². The van der Waals surface area contributed by atoms with Gasteiger partial charge in [-0.15, -0.1) is 13.2 Å². The fourth-order valence-corrected chi connectivity index (χ4v) is 2.87. The molecule has 0 amide bonds. The third-order valence-corrected chi connectivity index (χ3v) is 3.91. The first kappa shape index (κ1) is 16.7. The minimum Gasteiger partial charge on any atom is -0.404 e. The Balaban J connectivity index is 3.19. The fourth-order valence-electron chi connectivity index (χ4n) is 1.33. The van der Waals surface area contributed by atoms with Gasteiger partial charge in [-0.05, 0) is 26.0 Å². The van der Waals surface area contributed by atoms with Crippen molar-refractivity contribution < 1.29 is 31.4 Å². The van der Waals surface area contributed by atoms with Crippen molar-refractivity contribution in [3.8, 4) is 5.75 Å². The standard InChI is InChI=1S/C11H14F3NO4S/c1-10(2,7-16)15-20(17,18)9-6-4-3-5-8(9)19-11(12,13)14/h3-6,15-16H,7H2,1-2H3. The molecule has 0 aliphatic heterocycles. The second-order valence-corrected chi connectivity index (χ2v) is 6.29. The van der Waals surface area contributed by atoms with Gasteiger partial charge in [0.25, 0.3) is 0 Å². The van der Waals surface area contributed by atoms with E-state index in [1.54, 1.807) is 0 Å². The summed E-state index contributed by atoms with van der Waals surface area (Å²) in [6.45, 7) is 2.25. The molecule has 20 heavy (non-hydrogen) atoms. The average Bonchev–Trinajstić information content (AvgIpc) is 2.26. The second kappa shape index (κ2) is 5.58. The van der Waals surface area contributed by atoms with Gasteiger partial charge in [-0.1, -0.05) is 12.1 Å². The van der Waals surface area contributed by atoms with Crippen molar-refractivity contribution in [1.82, 2.24) is 4.72 Å². The maximum Gasteiger partial charge on any atom is 0.573 e. The van der Waals surface area contributed by atoms with Crippen molar-refractivity contribution in [2.75, 3.05) is 6.61 Å². The molecule has 1 aromatic carbocycles. The Hall–Kier alpha value is -1.32. The molecule has 0 saturated carbocycles. The highest BCUT2D eigenvalue weighted by atomic mass is 32.2. The Bertz CT molecular complexity index is 569. The van der Waals surface area contributed by atoms with E-state index in [0.717, 1.165) is 12.1 Å². The van der Waals surface area contributed by atoms with E-state index >= 15 is 0 Å². The molecule has 0 radical (unpaired) electrons. The lowest BCUT2D eigenvalue weighted by molar-refractivity contribution is -0.275. The summed E-state index contributed by atoms with van der Waals surface area (Å²) in [5.74, 6) is -0.832. The molecule has 5 nitrogen and oxygen atoms in total. The van der Waals surface area contributed by atoms with Gasteiger partial charge in [0.2, 0.25) is 10.0 Å². The molecule has 9 heteroatoms. The number of hydrogen-bond donors (Lipinski definition) is 2. The van der Waals surface area contributed by atoms with Crippen molar-refractivity contribution in [2.45, 2.75) is 30.6 Å². The van der Waals surface area contributed by atoms with Gasteiger partial charge in [-0.2, -0.15) is 0 Å². The van der Waals surface area contributed by atoms with Crippen molar-refractivity contribution in [1.29, 1.82) is 0 Å². The lowest BCUT2D eigenvalue weighted by Crippen LogP contribution is -2.46. The van der Waals surface area contributed by atoms with Crippen molar-refractivity contribution >= 4 is 10.0 Å². The molecule has 0 spiro atoms. The number of nitrogens with one attached hydrogen (secondary N) is 1. The van der Waals surface area contributed by atoms with Crippen molar-refractivity contribution in [3.05, 3.63) is 24.3 Å². The molecule has 0 unspecified atom stereocenters. The highest BCUT2D eigenvalue weighted by Crippen LogP contribution is 2.29. The number of aliphatic hydroxyl groups is 1. The zero-order valence-corrected chi connectivity index (χ0v) is 11.5. The SMILES string of the molecule is CC(C)(CO)NS(=O)(=O)c1ccccc1OC(F)(F)F. The van der Waals surface area contributed by atoms with Crippen LogP contribution in [0.3, 0.4) is 0 Å². The molecule has 0 heterocycles. The highest BCUT2D eigenvalue weighted by molar-refractivity contribution is 7.89. The molecule has 0 aromatic heterocycles. The first-order chi connectivity index (χ1) is 8.97. The Morgan fingerprint density at radius 1 is 1.25 bits per heavy atom. The second-order valence-electron chi connectivity index (χ2n) is 4.64. The van der Waals surface area contributed by atoms with E-state index in [1.807, 2.05) is 0 Å². The van der Waals surface area contributed by atoms with Gasteiger partial charge in [0.05, 0.1) is 12.1 Å². The van der Waals surface area contributed by atoms with E-state index in [2.05, 4.69) is 9.46 Å². The highest BCUT2D eigenvalue weighted by Gasteiger charge is 2.35. The lowest BCUT2D eigenvalue weighted by atomic mass is 10.1. The molecule has 0 saturated heterocycles. The molecule has 1 aromatic rings. The monoisotopic (exact) mass is 313 g/mol. The minimum atomic E-state index is -5.00. The van der Waals surface area contributed by atoms with Crippen LogP contribution in [-0.4, -0.2) is 32.0 Å². The van der Waals surface area contributed by atoms with Crippen molar-refractivity contribution in [2.24, 2.45) is 0 Å². The van der Waals surface area contributed by atoms with Gasteiger partial charge in [-0.25, -0.2) is 13.1 Å². The van der Waals surface area contributed by atoms with Crippen LogP contribution in [0.4, 0.5) is 13.2 Å². The molecule has 0 bridgehead atoms. The van der Waals surface area contributed by atoms with Crippen LogP contribution in [0.1, 0.15) is 13.8 Å². The zero-order chi connectivity index (χ0) is 15.6. The quantitative estimate of drug-likeness (QED) is 0.866. The summed E-state index contributed by atoms with van der Waals surface area (Å²) < 4.78 is 66.6. The van der Waals surface area contributed by atoms with E-state index in [1.165, 1.54) is 26.0 Å². The predicted octanol–water partition coefficient (Wildman–Crippen LogP) is 1.63. The molecule has 114 valence electrons. The molecular weight excluding hydrogens is 299 g/mol. The third kappa shape index (κ3) is 4.66. The first-order valence-corrected chi connectivity index (χ1v) is 6.95. The van der Waals surface area contributed by atoms with Gasteiger partial charge in [-0.3, -0.25) is 0 Å². The summed E-state index contributed by atoms with van der Waals surface area (Å²) in [4.78, 5) is -0.654. The summed E-state index contributed by atoms with van der Waals surface area (Å²) in [5, 5.41) is 9.02. The number of ether oxygens (including phenoxy) is 1. The van der Waals surface area contributed by atoms with Gasteiger partial charge in [0, 0.05) is 0 Å². The van der Waals surface area contributed by atoms with Crippen LogP contribution >= 0.6 is 0 Å². The predicted molar refractivity (Wildman–Crippen MR) is 64.6 cm³/mol. The van der Waals surface area contributed by atoms with Gasteiger partial charge < -0.3 is 9.84 Å². The summed E-state index contributed by atoms with van der Waals surface area (Å²) in [6, 6.07) is 4.37. The number of sulfonamides is 1. The van der Waals surface area contributed by atoms with E-state index in [9.17, 15) is 21.6 Å². The number of halogens is 3. The first-order valence-electron chi connectivity index (χ1n) is 5.46.